The van der Waals surface area contributed by atoms with Crippen LogP contribution in [0.3, 0.4) is 0 Å². The van der Waals surface area contributed by atoms with Crippen LogP contribution >= 0.6 is 0 Å². The van der Waals surface area contributed by atoms with Crippen LogP contribution < -0.4 is 10.1 Å². The maximum absolute atomic E-state index is 12.4. The van der Waals surface area contributed by atoms with E-state index in [9.17, 15) is 28.5 Å². The summed E-state index contributed by atoms with van der Waals surface area (Å²) in [6, 6.07) is 9.20. The van der Waals surface area contributed by atoms with Crippen molar-refractivity contribution in [1.29, 1.82) is 0 Å². The van der Waals surface area contributed by atoms with E-state index in [-0.39, 0.29) is 28.3 Å². The summed E-state index contributed by atoms with van der Waals surface area (Å²) in [6.45, 7) is -0.314. The number of halogens is 2. The molecule has 28 heavy (non-hydrogen) atoms. The van der Waals surface area contributed by atoms with E-state index in [1.165, 1.54) is 50.2 Å². The minimum atomic E-state index is -3.07. The van der Waals surface area contributed by atoms with Crippen LogP contribution in [0.2, 0.25) is 0 Å². The zero-order valence-electron chi connectivity index (χ0n) is 14.8. The smallest absolute Gasteiger partial charge is 0.387 e. The predicted octanol–water partition coefficient (Wildman–Crippen LogP) is 3.69. The zero-order valence-corrected chi connectivity index (χ0v) is 14.8. The first-order chi connectivity index (χ1) is 13.2. The second kappa shape index (κ2) is 8.89. The van der Waals surface area contributed by atoms with Gasteiger partial charge in [0.1, 0.15) is 5.75 Å². The molecule has 148 valence electrons. The van der Waals surface area contributed by atoms with Crippen molar-refractivity contribution in [3.8, 4) is 5.75 Å². The lowest BCUT2D eigenvalue weighted by atomic mass is 10.1. The second-order valence-corrected chi connectivity index (χ2v) is 5.67. The molecule has 8 nitrogen and oxygen atoms in total. The molecule has 2 aromatic rings. The van der Waals surface area contributed by atoms with Gasteiger partial charge in [-0.05, 0) is 38.1 Å². The SMILES string of the molecule is Cc1cc(C(=O)OC(C)C(=O)Nc2ccccc2OC(F)F)ccc1[N+](=O)[O-]. The molecule has 0 aromatic heterocycles. The molecular weight excluding hydrogens is 378 g/mol. The van der Waals surface area contributed by atoms with Crippen molar-refractivity contribution in [3.63, 3.8) is 0 Å². The van der Waals surface area contributed by atoms with Gasteiger partial charge in [0.05, 0.1) is 16.2 Å². The fourth-order valence-electron chi connectivity index (χ4n) is 2.27. The van der Waals surface area contributed by atoms with Crippen molar-refractivity contribution < 1.29 is 32.8 Å². The van der Waals surface area contributed by atoms with Gasteiger partial charge in [-0.15, -0.1) is 0 Å². The maximum atomic E-state index is 12.4. The fourth-order valence-corrected chi connectivity index (χ4v) is 2.27. The zero-order chi connectivity index (χ0) is 20.8. The largest absolute Gasteiger partial charge is 0.449 e. The summed E-state index contributed by atoms with van der Waals surface area (Å²) >= 11 is 0. The number of nitro benzene ring substituents is 1. The number of aryl methyl sites for hydroxylation is 1. The summed E-state index contributed by atoms with van der Waals surface area (Å²) in [6.07, 6.45) is -1.26. The molecule has 0 aliphatic rings. The minimum Gasteiger partial charge on any atom is -0.449 e. The first-order valence-corrected chi connectivity index (χ1v) is 7.99. The van der Waals surface area contributed by atoms with E-state index in [4.69, 9.17) is 4.74 Å². The van der Waals surface area contributed by atoms with Crippen LogP contribution in [0.4, 0.5) is 20.2 Å². The monoisotopic (exact) mass is 394 g/mol. The van der Waals surface area contributed by atoms with E-state index in [0.29, 0.717) is 0 Å². The minimum absolute atomic E-state index is 0.0121. The molecule has 0 fully saturated rings. The number of hydrogen-bond acceptors (Lipinski definition) is 6. The molecule has 2 rings (SSSR count). The Labute approximate surface area is 158 Å². The third kappa shape index (κ3) is 5.22. The number of hydrogen-bond donors (Lipinski definition) is 1. The van der Waals surface area contributed by atoms with Gasteiger partial charge in [0.25, 0.3) is 11.6 Å². The number of esters is 1. The summed E-state index contributed by atoms with van der Waals surface area (Å²) in [7, 11) is 0. The fraction of sp³-hybridized carbons (Fsp3) is 0.222. The van der Waals surface area contributed by atoms with E-state index in [1.807, 2.05) is 0 Å². The summed E-state index contributed by atoms with van der Waals surface area (Å²) in [4.78, 5) is 34.6. The van der Waals surface area contributed by atoms with Gasteiger partial charge in [-0.3, -0.25) is 14.9 Å². The maximum Gasteiger partial charge on any atom is 0.387 e. The molecule has 0 heterocycles. The van der Waals surface area contributed by atoms with E-state index in [0.717, 1.165) is 6.07 Å². The normalized spacial score (nSPS) is 11.6. The molecule has 1 N–H and O–H groups in total. The molecule has 2 aromatic carbocycles. The number of alkyl halides is 2. The van der Waals surface area contributed by atoms with Crippen LogP contribution in [0.5, 0.6) is 5.75 Å². The van der Waals surface area contributed by atoms with Crippen LogP contribution in [0, 0.1) is 17.0 Å². The van der Waals surface area contributed by atoms with Crippen molar-refractivity contribution in [2.45, 2.75) is 26.6 Å². The molecular formula is C18H16F2N2O6. The van der Waals surface area contributed by atoms with E-state index >= 15 is 0 Å². The van der Waals surface area contributed by atoms with Gasteiger partial charge in [-0.2, -0.15) is 8.78 Å². The molecule has 0 saturated carbocycles. The van der Waals surface area contributed by atoms with Crippen LogP contribution in [0.25, 0.3) is 0 Å². The van der Waals surface area contributed by atoms with Crippen LogP contribution in [-0.2, 0) is 9.53 Å². The first kappa shape index (κ1) is 20.7. The number of rotatable bonds is 7. The van der Waals surface area contributed by atoms with E-state index < -0.39 is 29.5 Å². The average Bonchev–Trinajstić information content (AvgIpc) is 2.62. The number of nitro groups is 1. The molecule has 0 aliphatic heterocycles. The molecule has 1 unspecified atom stereocenters. The number of amides is 1. The van der Waals surface area contributed by atoms with Crippen molar-refractivity contribution in [3.05, 3.63) is 63.7 Å². The van der Waals surface area contributed by atoms with Crippen molar-refractivity contribution >= 4 is 23.3 Å². The standard InChI is InChI=1S/C18H16F2N2O6/c1-10-9-12(7-8-14(10)22(25)26)17(24)27-11(2)16(23)21-13-5-3-4-6-15(13)28-18(19)20/h3-9,11,18H,1-2H3,(H,21,23). The third-order valence-corrected chi connectivity index (χ3v) is 3.64. The summed E-state index contributed by atoms with van der Waals surface area (Å²) in [5.41, 5.74) is 0.124. The highest BCUT2D eigenvalue weighted by Gasteiger charge is 2.22. The highest BCUT2D eigenvalue weighted by molar-refractivity contribution is 5.98. The van der Waals surface area contributed by atoms with Crippen molar-refractivity contribution in [2.75, 3.05) is 5.32 Å². The number of ether oxygens (including phenoxy) is 2. The van der Waals surface area contributed by atoms with Crippen molar-refractivity contribution in [1.82, 2.24) is 0 Å². The first-order valence-electron chi connectivity index (χ1n) is 7.99. The number of nitrogens with zero attached hydrogens (tertiary/aromatic N) is 1. The van der Waals surface area contributed by atoms with Gasteiger partial charge >= 0.3 is 12.6 Å². The topological polar surface area (TPSA) is 108 Å². The lowest BCUT2D eigenvalue weighted by Gasteiger charge is -2.16. The number of para-hydroxylation sites is 2. The Morgan fingerprint density at radius 1 is 1.18 bits per heavy atom. The van der Waals surface area contributed by atoms with Gasteiger partial charge in [-0.1, -0.05) is 12.1 Å². The summed E-state index contributed by atoms with van der Waals surface area (Å²) < 4.78 is 34.2. The van der Waals surface area contributed by atoms with Crippen LogP contribution in [-0.4, -0.2) is 29.5 Å². The van der Waals surface area contributed by atoms with Gasteiger partial charge in [0.15, 0.2) is 6.10 Å². The Balaban J connectivity index is 2.06. The molecule has 0 aliphatic carbocycles. The van der Waals surface area contributed by atoms with Gasteiger partial charge in [0.2, 0.25) is 0 Å². The molecule has 1 atom stereocenters. The third-order valence-electron chi connectivity index (χ3n) is 3.64. The van der Waals surface area contributed by atoms with E-state index in [2.05, 4.69) is 10.1 Å². The molecule has 10 heteroatoms. The van der Waals surface area contributed by atoms with Crippen molar-refractivity contribution in [2.24, 2.45) is 0 Å². The average molecular weight is 394 g/mol. The van der Waals surface area contributed by atoms with Gasteiger partial charge in [-0.25, -0.2) is 4.79 Å². The Morgan fingerprint density at radius 3 is 2.46 bits per heavy atom. The number of nitrogens with one attached hydrogen (secondary N) is 1. The summed E-state index contributed by atoms with van der Waals surface area (Å²) in [5.74, 6) is -1.87. The molecule has 1 amide bonds. The Bertz CT molecular complexity index is 903. The highest BCUT2D eigenvalue weighted by atomic mass is 19.3. The number of benzene rings is 2. The van der Waals surface area contributed by atoms with Crippen LogP contribution in [0.1, 0.15) is 22.8 Å². The highest BCUT2D eigenvalue weighted by Crippen LogP contribution is 2.26. The predicted molar refractivity (Wildman–Crippen MR) is 94.4 cm³/mol. The summed E-state index contributed by atoms with van der Waals surface area (Å²) in [5, 5.41) is 13.2. The van der Waals surface area contributed by atoms with Gasteiger partial charge in [0, 0.05) is 11.6 Å². The number of carbonyl (C=O) groups excluding carboxylic acids is 2. The molecule has 0 spiro atoms. The quantitative estimate of drug-likeness (QED) is 0.436. The number of anilines is 1. The number of carbonyl (C=O) groups is 2. The lowest BCUT2D eigenvalue weighted by molar-refractivity contribution is -0.385. The van der Waals surface area contributed by atoms with Gasteiger partial charge < -0.3 is 14.8 Å². The Hall–Kier alpha value is -3.56. The lowest BCUT2D eigenvalue weighted by Crippen LogP contribution is -2.30. The second-order valence-electron chi connectivity index (χ2n) is 5.67. The Morgan fingerprint density at radius 2 is 1.86 bits per heavy atom. The molecule has 0 saturated heterocycles. The Kier molecular flexibility index (Phi) is 6.59. The van der Waals surface area contributed by atoms with E-state index in [1.54, 1.807) is 0 Å². The molecule has 0 bridgehead atoms. The molecule has 0 radical (unpaired) electrons. The van der Waals surface area contributed by atoms with Crippen LogP contribution in [0.15, 0.2) is 42.5 Å².